The van der Waals surface area contributed by atoms with Crippen molar-refractivity contribution in [1.82, 2.24) is 9.88 Å². The van der Waals surface area contributed by atoms with Crippen LogP contribution < -0.4 is 15.5 Å². The van der Waals surface area contributed by atoms with Crippen molar-refractivity contribution < 1.29 is 4.74 Å². The van der Waals surface area contributed by atoms with Gasteiger partial charge in [0.1, 0.15) is 5.75 Å². The number of pyridine rings is 1. The molecule has 21 heavy (non-hydrogen) atoms. The van der Waals surface area contributed by atoms with E-state index in [1.807, 2.05) is 42.0 Å². The zero-order valence-corrected chi connectivity index (χ0v) is 13.0. The molecule has 4 heteroatoms. The average Bonchev–Trinajstić information content (AvgIpc) is 2.46. The Morgan fingerprint density at radius 2 is 1.90 bits per heavy atom. The number of nitrogens with zero attached hydrogens (tertiary/aromatic N) is 1. The molecule has 0 radical (unpaired) electrons. The lowest BCUT2D eigenvalue weighted by Gasteiger charge is -2.14. The van der Waals surface area contributed by atoms with Crippen molar-refractivity contribution in [3.05, 3.63) is 58.0 Å². The third kappa shape index (κ3) is 3.73. The summed E-state index contributed by atoms with van der Waals surface area (Å²) in [5.74, 6) is 0.819. The molecule has 4 nitrogen and oxygen atoms in total. The van der Waals surface area contributed by atoms with Crippen LogP contribution in [0, 0.1) is 6.92 Å². The van der Waals surface area contributed by atoms with Gasteiger partial charge in [0.2, 0.25) is 0 Å². The first-order valence-electron chi connectivity index (χ1n) is 7.11. The zero-order valence-electron chi connectivity index (χ0n) is 13.0. The molecule has 0 spiro atoms. The molecule has 0 unspecified atom stereocenters. The van der Waals surface area contributed by atoms with Crippen LogP contribution in [0.25, 0.3) is 5.69 Å². The number of ether oxygens (including phenoxy) is 1. The van der Waals surface area contributed by atoms with Gasteiger partial charge >= 0.3 is 0 Å². The van der Waals surface area contributed by atoms with Crippen molar-refractivity contribution in [2.24, 2.45) is 0 Å². The Kier molecular flexibility index (Phi) is 4.81. The van der Waals surface area contributed by atoms with Crippen LogP contribution in [0.15, 0.2) is 41.3 Å². The Morgan fingerprint density at radius 3 is 2.48 bits per heavy atom. The van der Waals surface area contributed by atoms with Crippen molar-refractivity contribution in [1.29, 1.82) is 0 Å². The Balaban J connectivity index is 2.37. The van der Waals surface area contributed by atoms with Crippen LogP contribution in [0.3, 0.4) is 0 Å². The fourth-order valence-electron chi connectivity index (χ4n) is 2.14. The number of rotatable bonds is 5. The maximum absolute atomic E-state index is 12.1. The Labute approximate surface area is 125 Å². The molecule has 0 amide bonds. The Bertz CT molecular complexity index is 657. The highest BCUT2D eigenvalue weighted by Gasteiger charge is 2.06. The third-order valence-electron chi connectivity index (χ3n) is 3.37. The summed E-state index contributed by atoms with van der Waals surface area (Å²) in [6, 6.07) is 9.82. The van der Waals surface area contributed by atoms with Crippen LogP contribution in [-0.2, 0) is 6.54 Å². The average molecular weight is 286 g/mol. The fraction of sp³-hybridized carbons (Fsp3) is 0.353. The second-order valence-electron chi connectivity index (χ2n) is 5.41. The molecule has 0 saturated carbocycles. The standard InChI is InChI=1S/C17H22N2O2/c1-12(2)18-10-14-11-19(13(3)9-17(14)20)15-5-7-16(21-4)8-6-15/h5-9,11-12,18H,10H2,1-4H3. The molecule has 1 aromatic carbocycles. The summed E-state index contributed by atoms with van der Waals surface area (Å²) >= 11 is 0. The second kappa shape index (κ2) is 6.59. The van der Waals surface area contributed by atoms with Crippen molar-refractivity contribution in [3.63, 3.8) is 0 Å². The molecule has 0 atom stereocenters. The summed E-state index contributed by atoms with van der Waals surface area (Å²) in [6.45, 7) is 6.64. The van der Waals surface area contributed by atoms with Crippen molar-refractivity contribution in [2.45, 2.75) is 33.4 Å². The first-order valence-corrected chi connectivity index (χ1v) is 7.11. The summed E-state index contributed by atoms with van der Waals surface area (Å²) < 4.78 is 7.20. The van der Waals surface area contributed by atoms with E-state index >= 15 is 0 Å². The molecule has 112 valence electrons. The predicted molar refractivity (Wildman–Crippen MR) is 85.3 cm³/mol. The lowest BCUT2D eigenvalue weighted by molar-refractivity contribution is 0.414. The largest absolute Gasteiger partial charge is 0.497 e. The van der Waals surface area contributed by atoms with Crippen LogP contribution in [0.4, 0.5) is 0 Å². The topological polar surface area (TPSA) is 43.3 Å². The van der Waals surface area contributed by atoms with E-state index < -0.39 is 0 Å². The lowest BCUT2D eigenvalue weighted by atomic mass is 10.2. The van der Waals surface area contributed by atoms with Gasteiger partial charge in [0.05, 0.1) is 7.11 Å². The second-order valence-corrected chi connectivity index (χ2v) is 5.41. The molecular weight excluding hydrogens is 264 g/mol. The minimum absolute atomic E-state index is 0.0745. The maximum atomic E-state index is 12.1. The normalized spacial score (nSPS) is 10.9. The Hall–Kier alpha value is -2.07. The van der Waals surface area contributed by atoms with Crippen LogP contribution in [0.1, 0.15) is 25.1 Å². The van der Waals surface area contributed by atoms with E-state index in [1.54, 1.807) is 13.2 Å². The molecular formula is C17H22N2O2. The highest BCUT2D eigenvalue weighted by atomic mass is 16.5. The highest BCUT2D eigenvalue weighted by molar-refractivity contribution is 5.39. The Morgan fingerprint density at radius 1 is 1.24 bits per heavy atom. The summed E-state index contributed by atoms with van der Waals surface area (Å²) in [5.41, 5.74) is 2.77. The number of hydrogen-bond donors (Lipinski definition) is 1. The van der Waals surface area contributed by atoms with E-state index in [0.29, 0.717) is 12.6 Å². The smallest absolute Gasteiger partial charge is 0.186 e. The van der Waals surface area contributed by atoms with Gasteiger partial charge in [0, 0.05) is 41.8 Å². The molecule has 0 fully saturated rings. The quantitative estimate of drug-likeness (QED) is 0.919. The monoisotopic (exact) mass is 286 g/mol. The summed E-state index contributed by atoms with van der Waals surface area (Å²) in [4.78, 5) is 12.1. The van der Waals surface area contributed by atoms with Crippen LogP contribution in [-0.4, -0.2) is 17.7 Å². The zero-order chi connectivity index (χ0) is 15.4. The molecule has 0 aliphatic carbocycles. The van der Waals surface area contributed by atoms with Gasteiger partial charge in [0.25, 0.3) is 0 Å². The van der Waals surface area contributed by atoms with Crippen molar-refractivity contribution in [3.8, 4) is 11.4 Å². The molecule has 0 aliphatic heterocycles. The first-order chi connectivity index (χ1) is 10.0. The minimum Gasteiger partial charge on any atom is -0.497 e. The highest BCUT2D eigenvalue weighted by Crippen LogP contribution is 2.16. The lowest BCUT2D eigenvalue weighted by Crippen LogP contribution is -2.26. The molecule has 2 rings (SSSR count). The molecule has 0 aliphatic rings. The minimum atomic E-state index is 0.0745. The van der Waals surface area contributed by atoms with E-state index in [1.165, 1.54) is 0 Å². The van der Waals surface area contributed by atoms with E-state index in [0.717, 1.165) is 22.7 Å². The van der Waals surface area contributed by atoms with Crippen molar-refractivity contribution in [2.75, 3.05) is 7.11 Å². The maximum Gasteiger partial charge on any atom is 0.186 e. The molecule has 1 heterocycles. The number of methoxy groups -OCH3 is 1. The number of nitrogens with one attached hydrogen (secondary N) is 1. The van der Waals surface area contributed by atoms with Crippen molar-refractivity contribution >= 4 is 0 Å². The molecule has 0 saturated heterocycles. The van der Waals surface area contributed by atoms with Gasteiger partial charge in [-0.1, -0.05) is 13.8 Å². The van der Waals surface area contributed by atoms with Crippen LogP contribution >= 0.6 is 0 Å². The molecule has 2 aromatic rings. The number of aromatic nitrogens is 1. The predicted octanol–water partition coefficient (Wildman–Crippen LogP) is 2.65. The van der Waals surface area contributed by atoms with E-state index in [9.17, 15) is 4.79 Å². The van der Waals surface area contributed by atoms with Gasteiger partial charge in [-0.25, -0.2) is 0 Å². The summed E-state index contributed by atoms with van der Waals surface area (Å²) in [6.07, 6.45) is 1.91. The molecule has 1 N–H and O–H groups in total. The van der Waals surface area contributed by atoms with Gasteiger partial charge in [-0.15, -0.1) is 0 Å². The van der Waals surface area contributed by atoms with Gasteiger partial charge < -0.3 is 14.6 Å². The van der Waals surface area contributed by atoms with Gasteiger partial charge in [-0.3, -0.25) is 4.79 Å². The summed E-state index contributed by atoms with van der Waals surface area (Å²) in [5, 5.41) is 3.29. The third-order valence-corrected chi connectivity index (χ3v) is 3.37. The number of benzene rings is 1. The van der Waals surface area contributed by atoms with Crippen LogP contribution in [0.5, 0.6) is 5.75 Å². The van der Waals surface area contributed by atoms with Gasteiger partial charge in [-0.2, -0.15) is 0 Å². The van der Waals surface area contributed by atoms with Gasteiger partial charge in [-0.05, 0) is 31.2 Å². The number of aryl methyl sites for hydroxylation is 1. The SMILES string of the molecule is COc1ccc(-n2cc(CNC(C)C)c(=O)cc2C)cc1. The van der Waals surface area contributed by atoms with Crippen LogP contribution in [0.2, 0.25) is 0 Å². The van der Waals surface area contributed by atoms with E-state index in [-0.39, 0.29) is 5.43 Å². The summed E-state index contributed by atoms with van der Waals surface area (Å²) in [7, 11) is 1.65. The molecule has 0 bridgehead atoms. The molecule has 1 aromatic heterocycles. The number of hydrogen-bond acceptors (Lipinski definition) is 3. The van der Waals surface area contributed by atoms with Gasteiger partial charge in [0.15, 0.2) is 5.43 Å². The van der Waals surface area contributed by atoms with E-state index in [2.05, 4.69) is 19.2 Å². The fourth-order valence-corrected chi connectivity index (χ4v) is 2.14. The first kappa shape index (κ1) is 15.3. The van der Waals surface area contributed by atoms with E-state index in [4.69, 9.17) is 4.74 Å².